The van der Waals surface area contributed by atoms with E-state index in [2.05, 4.69) is 15.5 Å². The second kappa shape index (κ2) is 4.24. The fraction of sp³-hybridized carbons (Fsp3) is 0.818. The van der Waals surface area contributed by atoms with Crippen LogP contribution in [0.25, 0.3) is 0 Å². The van der Waals surface area contributed by atoms with Gasteiger partial charge in [-0.3, -0.25) is 0 Å². The highest BCUT2D eigenvalue weighted by molar-refractivity contribution is 6.17. The van der Waals surface area contributed by atoms with Crippen molar-refractivity contribution in [3.63, 3.8) is 0 Å². The Kier molecular flexibility index (Phi) is 2.75. The molecule has 2 aliphatic carbocycles. The second-order valence-electron chi connectivity index (χ2n) is 4.78. The van der Waals surface area contributed by atoms with Crippen LogP contribution in [0, 0.1) is 11.8 Å². The molecule has 0 saturated heterocycles. The van der Waals surface area contributed by atoms with E-state index in [4.69, 9.17) is 16.0 Å². The van der Waals surface area contributed by atoms with Gasteiger partial charge in [-0.1, -0.05) is 5.10 Å². The van der Waals surface area contributed by atoms with Crippen molar-refractivity contribution in [1.82, 2.24) is 10.2 Å². The monoisotopic (exact) mass is 241 g/mol. The number of aromatic nitrogens is 2. The number of anilines is 1. The Bertz CT molecular complexity index is 348. The van der Waals surface area contributed by atoms with Gasteiger partial charge in [-0.05, 0) is 37.5 Å². The minimum Gasteiger partial charge on any atom is -0.408 e. The summed E-state index contributed by atoms with van der Waals surface area (Å²) in [5.74, 6) is 2.81. The van der Waals surface area contributed by atoms with Crippen LogP contribution in [0.15, 0.2) is 4.42 Å². The van der Waals surface area contributed by atoms with E-state index in [9.17, 15) is 0 Å². The molecule has 1 aromatic heterocycles. The summed E-state index contributed by atoms with van der Waals surface area (Å²) in [6, 6.07) is 1.13. The van der Waals surface area contributed by atoms with E-state index < -0.39 is 0 Å². The van der Waals surface area contributed by atoms with Crippen LogP contribution in [0.2, 0.25) is 0 Å². The third-order valence-electron chi connectivity index (χ3n) is 3.33. The lowest BCUT2D eigenvalue weighted by molar-refractivity contribution is 0.485. The molecule has 1 N–H and O–H groups in total. The lowest BCUT2D eigenvalue weighted by atomic mass is 10.1. The van der Waals surface area contributed by atoms with Crippen molar-refractivity contribution in [1.29, 1.82) is 0 Å². The van der Waals surface area contributed by atoms with Crippen LogP contribution in [0.4, 0.5) is 6.01 Å². The maximum atomic E-state index is 5.62. The predicted molar refractivity (Wildman–Crippen MR) is 61.6 cm³/mol. The van der Waals surface area contributed by atoms with Crippen molar-refractivity contribution in [3.05, 3.63) is 5.89 Å². The maximum absolute atomic E-state index is 5.62. The summed E-state index contributed by atoms with van der Waals surface area (Å²) in [5, 5.41) is 11.4. The Morgan fingerprint density at radius 1 is 1.25 bits per heavy atom. The maximum Gasteiger partial charge on any atom is 0.315 e. The van der Waals surface area contributed by atoms with E-state index in [1.54, 1.807) is 0 Å². The van der Waals surface area contributed by atoms with E-state index in [-0.39, 0.29) is 0 Å². The summed E-state index contributed by atoms with van der Waals surface area (Å²) in [6.45, 7) is 0. The van der Waals surface area contributed by atoms with Crippen molar-refractivity contribution < 1.29 is 4.42 Å². The molecular formula is C11H16ClN3O. The van der Waals surface area contributed by atoms with Gasteiger partial charge in [0.2, 0.25) is 5.89 Å². The van der Waals surface area contributed by atoms with Crippen LogP contribution >= 0.6 is 11.6 Å². The summed E-state index contributed by atoms with van der Waals surface area (Å²) in [4.78, 5) is 0. The number of aryl methyl sites for hydroxylation is 1. The molecule has 4 nitrogen and oxygen atoms in total. The molecule has 1 heterocycles. The number of nitrogens with one attached hydrogen (secondary N) is 1. The lowest BCUT2D eigenvalue weighted by Gasteiger charge is -2.15. The zero-order valence-electron chi connectivity index (χ0n) is 9.16. The highest BCUT2D eigenvalue weighted by Gasteiger charge is 2.42. The number of rotatable bonds is 6. The number of nitrogens with zero attached hydrogens (tertiary/aromatic N) is 2. The van der Waals surface area contributed by atoms with Gasteiger partial charge in [0.25, 0.3) is 0 Å². The van der Waals surface area contributed by atoms with Crippen LogP contribution in [0.5, 0.6) is 0 Å². The minimum absolute atomic E-state index is 0.524. The topological polar surface area (TPSA) is 51.0 Å². The first-order valence-electron chi connectivity index (χ1n) is 6.01. The molecule has 3 rings (SSSR count). The van der Waals surface area contributed by atoms with Gasteiger partial charge in [0, 0.05) is 18.3 Å². The van der Waals surface area contributed by atoms with E-state index >= 15 is 0 Å². The summed E-state index contributed by atoms with van der Waals surface area (Å²) in [6.07, 6.45) is 6.02. The fourth-order valence-corrected chi connectivity index (χ4v) is 2.33. The molecule has 2 saturated carbocycles. The molecule has 0 radical (unpaired) electrons. The number of alkyl halides is 1. The quantitative estimate of drug-likeness (QED) is 0.778. The molecule has 1 aromatic rings. The molecule has 0 spiro atoms. The van der Waals surface area contributed by atoms with Crippen molar-refractivity contribution >= 4 is 17.6 Å². The normalized spacial score (nSPS) is 20.4. The van der Waals surface area contributed by atoms with Gasteiger partial charge in [0.05, 0.1) is 0 Å². The standard InChI is InChI=1S/C11H16ClN3O/c12-6-5-9-14-15-11(16-9)13-10(7-1-2-7)8-3-4-8/h7-8,10H,1-6H2,(H,13,15). The molecule has 0 atom stereocenters. The second-order valence-corrected chi connectivity index (χ2v) is 5.16. The summed E-state index contributed by atoms with van der Waals surface area (Å²) < 4.78 is 5.49. The molecule has 0 unspecified atom stereocenters. The zero-order valence-corrected chi connectivity index (χ0v) is 9.91. The minimum atomic E-state index is 0.524. The van der Waals surface area contributed by atoms with Crippen LogP contribution in [0.3, 0.4) is 0 Å². The fourth-order valence-electron chi connectivity index (χ4n) is 2.17. The van der Waals surface area contributed by atoms with Gasteiger partial charge in [-0.15, -0.1) is 16.7 Å². The van der Waals surface area contributed by atoms with Gasteiger partial charge < -0.3 is 9.73 Å². The van der Waals surface area contributed by atoms with Crippen molar-refractivity contribution in [2.75, 3.05) is 11.2 Å². The summed E-state index contributed by atoms with van der Waals surface area (Å²) in [7, 11) is 0. The number of halogens is 1. The van der Waals surface area contributed by atoms with E-state index in [1.165, 1.54) is 25.7 Å². The average molecular weight is 242 g/mol. The third-order valence-corrected chi connectivity index (χ3v) is 3.51. The Morgan fingerprint density at radius 2 is 1.94 bits per heavy atom. The first-order valence-corrected chi connectivity index (χ1v) is 6.55. The first kappa shape index (κ1) is 10.4. The van der Waals surface area contributed by atoms with Crippen LogP contribution in [-0.2, 0) is 6.42 Å². The van der Waals surface area contributed by atoms with Crippen molar-refractivity contribution in [2.24, 2.45) is 11.8 Å². The van der Waals surface area contributed by atoms with E-state index in [0.717, 1.165) is 11.8 Å². The molecule has 0 aliphatic heterocycles. The molecule has 2 aliphatic rings. The Morgan fingerprint density at radius 3 is 2.50 bits per heavy atom. The lowest BCUT2D eigenvalue weighted by Crippen LogP contribution is -2.24. The van der Waals surface area contributed by atoms with Gasteiger partial charge in [0.15, 0.2) is 0 Å². The average Bonchev–Trinajstić information content (AvgIpc) is 3.17. The third kappa shape index (κ3) is 2.32. The predicted octanol–water partition coefficient (Wildman–Crippen LogP) is 2.45. The van der Waals surface area contributed by atoms with E-state index in [0.29, 0.717) is 30.2 Å². The highest BCUT2D eigenvalue weighted by atomic mass is 35.5. The van der Waals surface area contributed by atoms with E-state index in [1.807, 2.05) is 0 Å². The Labute approximate surface area is 99.8 Å². The first-order chi connectivity index (χ1) is 7.86. The van der Waals surface area contributed by atoms with Crippen LogP contribution in [0.1, 0.15) is 31.6 Å². The molecule has 5 heteroatoms. The van der Waals surface area contributed by atoms with Crippen LogP contribution in [-0.4, -0.2) is 22.1 Å². The summed E-state index contributed by atoms with van der Waals surface area (Å²) in [5.41, 5.74) is 0. The van der Waals surface area contributed by atoms with Crippen molar-refractivity contribution in [2.45, 2.75) is 38.1 Å². The molecule has 16 heavy (non-hydrogen) atoms. The molecule has 0 amide bonds. The van der Waals surface area contributed by atoms with Crippen LogP contribution < -0.4 is 5.32 Å². The van der Waals surface area contributed by atoms with Gasteiger partial charge in [0.1, 0.15) is 0 Å². The molecule has 2 fully saturated rings. The SMILES string of the molecule is ClCCc1nnc(NC(C2CC2)C2CC2)o1. The molecular weight excluding hydrogens is 226 g/mol. The Hall–Kier alpha value is -0.770. The van der Waals surface area contributed by atoms with Crippen molar-refractivity contribution in [3.8, 4) is 0 Å². The largest absolute Gasteiger partial charge is 0.408 e. The molecule has 88 valence electrons. The van der Waals surface area contributed by atoms with Gasteiger partial charge in [-0.25, -0.2) is 0 Å². The van der Waals surface area contributed by atoms with Gasteiger partial charge in [-0.2, -0.15) is 0 Å². The number of hydrogen-bond donors (Lipinski definition) is 1. The zero-order chi connectivity index (χ0) is 11.0. The highest BCUT2D eigenvalue weighted by Crippen LogP contribution is 2.45. The molecule has 0 aromatic carbocycles. The smallest absolute Gasteiger partial charge is 0.315 e. The molecule has 0 bridgehead atoms. The number of hydrogen-bond acceptors (Lipinski definition) is 4. The summed E-state index contributed by atoms with van der Waals surface area (Å²) >= 11 is 5.62. The van der Waals surface area contributed by atoms with Gasteiger partial charge >= 0.3 is 6.01 Å². The Balaban J connectivity index is 1.62.